The standard InChI is InChI=1S/C7H12F3N5O2/c1-15(2)5(12)13-4(11)14-6(16)17-3-7(8,9)10/h3H2,1-2H3,(H4,11,12,13,14,16). The summed E-state index contributed by atoms with van der Waals surface area (Å²) in [5.74, 6) is -0.654. The van der Waals surface area contributed by atoms with E-state index in [1.807, 2.05) is 0 Å². The lowest BCUT2D eigenvalue weighted by Gasteiger charge is -2.09. The van der Waals surface area contributed by atoms with Gasteiger partial charge in [0.05, 0.1) is 0 Å². The predicted octanol–water partition coefficient (Wildman–Crippen LogP) is -0.124. The fraction of sp³-hybridized carbons (Fsp3) is 0.571. The molecule has 0 aliphatic rings. The Hall–Kier alpha value is -2.00. The van der Waals surface area contributed by atoms with Crippen LogP contribution in [0.5, 0.6) is 0 Å². The molecular weight excluding hydrogens is 243 g/mol. The van der Waals surface area contributed by atoms with E-state index in [4.69, 9.17) is 11.5 Å². The third-order valence-electron chi connectivity index (χ3n) is 1.25. The van der Waals surface area contributed by atoms with Crippen LogP contribution in [0.3, 0.4) is 0 Å². The second-order valence-corrected chi connectivity index (χ2v) is 3.00. The number of nitrogens with two attached hydrogens (primary N) is 2. The average molecular weight is 255 g/mol. The number of carbonyl (C=O) groups is 1. The second-order valence-electron chi connectivity index (χ2n) is 3.00. The van der Waals surface area contributed by atoms with Crippen LogP contribution < -0.4 is 11.5 Å². The van der Waals surface area contributed by atoms with Crippen molar-refractivity contribution in [1.82, 2.24) is 4.90 Å². The smallest absolute Gasteiger partial charge is 0.437 e. The van der Waals surface area contributed by atoms with Gasteiger partial charge in [0, 0.05) is 14.1 Å². The summed E-state index contributed by atoms with van der Waals surface area (Å²) < 4.78 is 38.7. The highest BCUT2D eigenvalue weighted by Gasteiger charge is 2.29. The van der Waals surface area contributed by atoms with Crippen molar-refractivity contribution < 1.29 is 22.7 Å². The Labute approximate surface area is 94.9 Å². The van der Waals surface area contributed by atoms with Crippen LogP contribution in [0.25, 0.3) is 0 Å². The number of carbonyl (C=O) groups excluding carboxylic acids is 1. The van der Waals surface area contributed by atoms with Crippen LogP contribution in [-0.4, -0.2) is 49.8 Å². The van der Waals surface area contributed by atoms with Gasteiger partial charge in [-0.1, -0.05) is 0 Å². The van der Waals surface area contributed by atoms with E-state index in [0.717, 1.165) is 0 Å². The number of hydrogen-bond acceptors (Lipinski definition) is 2. The third kappa shape index (κ3) is 7.88. The van der Waals surface area contributed by atoms with Crippen LogP contribution in [0.4, 0.5) is 18.0 Å². The highest BCUT2D eigenvalue weighted by atomic mass is 19.4. The van der Waals surface area contributed by atoms with E-state index in [1.54, 1.807) is 14.1 Å². The first-order chi connectivity index (χ1) is 7.61. The monoisotopic (exact) mass is 255 g/mol. The molecule has 0 aliphatic heterocycles. The molecule has 0 unspecified atom stereocenters. The summed E-state index contributed by atoms with van der Waals surface area (Å²) in [6, 6.07) is 0. The van der Waals surface area contributed by atoms with Crippen molar-refractivity contribution >= 4 is 18.0 Å². The summed E-state index contributed by atoms with van der Waals surface area (Å²) in [6.45, 7) is -1.74. The number of ether oxygens (including phenoxy) is 1. The summed E-state index contributed by atoms with van der Waals surface area (Å²) in [6.07, 6.45) is -6.11. The van der Waals surface area contributed by atoms with E-state index in [9.17, 15) is 18.0 Å². The zero-order valence-electron chi connectivity index (χ0n) is 9.15. The van der Waals surface area contributed by atoms with Crippen LogP contribution in [0, 0.1) is 0 Å². The Morgan fingerprint density at radius 1 is 1.29 bits per heavy atom. The van der Waals surface area contributed by atoms with Gasteiger partial charge in [-0.2, -0.15) is 18.2 Å². The lowest BCUT2D eigenvalue weighted by molar-refractivity contribution is -0.159. The minimum Gasteiger partial charge on any atom is -0.438 e. The van der Waals surface area contributed by atoms with Gasteiger partial charge in [0.25, 0.3) is 0 Å². The molecule has 4 N–H and O–H groups in total. The van der Waals surface area contributed by atoms with Gasteiger partial charge in [-0.15, -0.1) is 4.99 Å². The lowest BCUT2D eigenvalue weighted by atomic mass is 10.7. The lowest BCUT2D eigenvalue weighted by Crippen LogP contribution is -2.32. The van der Waals surface area contributed by atoms with Gasteiger partial charge in [-0.05, 0) is 0 Å². The van der Waals surface area contributed by atoms with Gasteiger partial charge in [0.2, 0.25) is 5.96 Å². The van der Waals surface area contributed by atoms with Gasteiger partial charge in [0.15, 0.2) is 12.6 Å². The molecule has 0 spiro atoms. The minimum absolute atomic E-state index is 0.0603. The first-order valence-corrected chi connectivity index (χ1v) is 4.21. The van der Waals surface area contributed by atoms with Crippen LogP contribution >= 0.6 is 0 Å². The fourth-order valence-corrected chi connectivity index (χ4v) is 0.512. The highest BCUT2D eigenvalue weighted by Crippen LogP contribution is 2.14. The molecule has 0 saturated carbocycles. The second kappa shape index (κ2) is 5.92. The average Bonchev–Trinajstić information content (AvgIpc) is 2.13. The summed E-state index contributed by atoms with van der Waals surface area (Å²) >= 11 is 0. The van der Waals surface area contributed by atoms with Crippen LogP contribution in [0.1, 0.15) is 0 Å². The molecule has 0 saturated heterocycles. The number of rotatable bonds is 1. The fourth-order valence-electron chi connectivity index (χ4n) is 0.512. The van der Waals surface area contributed by atoms with E-state index in [1.165, 1.54) is 4.90 Å². The number of guanidine groups is 2. The number of hydrogen-bond donors (Lipinski definition) is 2. The van der Waals surface area contributed by atoms with Gasteiger partial charge >= 0.3 is 12.3 Å². The molecule has 0 aromatic heterocycles. The summed E-state index contributed by atoms with van der Waals surface area (Å²) in [4.78, 5) is 18.5. The zero-order valence-corrected chi connectivity index (χ0v) is 9.15. The number of alkyl halides is 3. The number of amides is 1. The summed E-state index contributed by atoms with van der Waals surface area (Å²) in [5, 5.41) is 0. The van der Waals surface area contributed by atoms with Crippen molar-refractivity contribution in [2.24, 2.45) is 21.5 Å². The van der Waals surface area contributed by atoms with E-state index in [2.05, 4.69) is 14.7 Å². The topological polar surface area (TPSA) is 106 Å². The molecule has 0 rings (SSSR count). The largest absolute Gasteiger partial charge is 0.438 e. The normalized spacial score (nSPS) is 13.5. The van der Waals surface area contributed by atoms with Crippen molar-refractivity contribution in [3.8, 4) is 0 Å². The first-order valence-electron chi connectivity index (χ1n) is 4.21. The van der Waals surface area contributed by atoms with Gasteiger partial charge in [-0.25, -0.2) is 4.79 Å². The molecule has 10 heteroatoms. The van der Waals surface area contributed by atoms with Crippen LogP contribution in [0.15, 0.2) is 9.98 Å². The molecule has 0 atom stereocenters. The van der Waals surface area contributed by atoms with Crippen molar-refractivity contribution in [2.45, 2.75) is 6.18 Å². The zero-order chi connectivity index (χ0) is 13.6. The third-order valence-corrected chi connectivity index (χ3v) is 1.25. The molecule has 98 valence electrons. The maximum absolute atomic E-state index is 11.7. The van der Waals surface area contributed by atoms with E-state index < -0.39 is 24.8 Å². The van der Waals surface area contributed by atoms with E-state index in [0.29, 0.717) is 0 Å². The van der Waals surface area contributed by atoms with Crippen LogP contribution in [-0.2, 0) is 4.74 Å². The molecule has 17 heavy (non-hydrogen) atoms. The molecule has 1 amide bonds. The van der Waals surface area contributed by atoms with Crippen LogP contribution in [0.2, 0.25) is 0 Å². The molecule has 0 aliphatic carbocycles. The SMILES string of the molecule is CN(C)/C(N)=N/C(N)=N/C(=O)OCC(F)(F)F. The van der Waals surface area contributed by atoms with Crippen molar-refractivity contribution in [3.63, 3.8) is 0 Å². The maximum Gasteiger partial charge on any atom is 0.437 e. The Morgan fingerprint density at radius 2 is 1.82 bits per heavy atom. The van der Waals surface area contributed by atoms with Crippen molar-refractivity contribution in [3.05, 3.63) is 0 Å². The summed E-state index contributed by atoms with van der Waals surface area (Å²) in [7, 11) is 3.10. The van der Waals surface area contributed by atoms with E-state index in [-0.39, 0.29) is 5.96 Å². The number of halogens is 3. The molecular formula is C7H12F3N5O2. The molecule has 0 radical (unpaired) electrons. The van der Waals surface area contributed by atoms with Gasteiger partial charge < -0.3 is 21.1 Å². The molecule has 0 bridgehead atoms. The highest BCUT2D eigenvalue weighted by molar-refractivity contribution is 5.97. The molecule has 0 heterocycles. The molecule has 0 aromatic carbocycles. The Bertz CT molecular complexity index is 337. The van der Waals surface area contributed by atoms with Crippen molar-refractivity contribution in [2.75, 3.05) is 20.7 Å². The predicted molar refractivity (Wildman–Crippen MR) is 54.3 cm³/mol. The van der Waals surface area contributed by atoms with Crippen molar-refractivity contribution in [1.29, 1.82) is 0 Å². The van der Waals surface area contributed by atoms with Gasteiger partial charge in [-0.3, -0.25) is 0 Å². The Morgan fingerprint density at radius 3 is 2.24 bits per heavy atom. The number of nitrogens with zero attached hydrogens (tertiary/aromatic N) is 3. The van der Waals surface area contributed by atoms with Gasteiger partial charge in [0.1, 0.15) is 0 Å². The maximum atomic E-state index is 11.7. The van der Waals surface area contributed by atoms with E-state index >= 15 is 0 Å². The Kier molecular flexibility index (Phi) is 5.22. The minimum atomic E-state index is -4.62. The quantitative estimate of drug-likeness (QED) is 0.501. The molecule has 7 nitrogen and oxygen atoms in total. The molecule has 0 fully saturated rings. The summed E-state index contributed by atoms with van der Waals surface area (Å²) in [5.41, 5.74) is 10.4. The number of aliphatic imine (C=N–C) groups is 2. The Balaban J connectivity index is 4.40. The first kappa shape index (κ1) is 15.0. The molecule has 0 aromatic rings.